The summed E-state index contributed by atoms with van der Waals surface area (Å²) in [6.07, 6.45) is 1.27. The molecular formula is C22H14ClN3O6S. The molecule has 0 aromatic heterocycles. The Morgan fingerprint density at radius 1 is 1.09 bits per heavy atom. The number of hydrogen-bond acceptors (Lipinski definition) is 7. The highest BCUT2D eigenvalue weighted by molar-refractivity contribution is 7.87. The zero-order valence-electron chi connectivity index (χ0n) is 16.6. The van der Waals surface area contributed by atoms with Crippen molar-refractivity contribution in [2.75, 3.05) is 5.32 Å². The van der Waals surface area contributed by atoms with Crippen LogP contribution in [-0.2, 0) is 14.9 Å². The summed E-state index contributed by atoms with van der Waals surface area (Å²) in [7, 11) is -4.27. The molecule has 33 heavy (non-hydrogen) atoms. The normalized spacial score (nSPS) is 11.3. The van der Waals surface area contributed by atoms with Crippen LogP contribution in [0, 0.1) is 21.4 Å². The van der Waals surface area contributed by atoms with Crippen molar-refractivity contribution < 1.29 is 22.3 Å². The van der Waals surface area contributed by atoms with Gasteiger partial charge in [-0.1, -0.05) is 29.8 Å². The average Bonchev–Trinajstić information content (AvgIpc) is 2.77. The number of nitriles is 1. The van der Waals surface area contributed by atoms with E-state index in [-0.39, 0.29) is 21.9 Å². The summed E-state index contributed by atoms with van der Waals surface area (Å²) < 4.78 is 30.0. The molecule has 9 nitrogen and oxygen atoms in total. The molecule has 3 rings (SSSR count). The monoisotopic (exact) mass is 483 g/mol. The Morgan fingerprint density at radius 3 is 2.42 bits per heavy atom. The quantitative estimate of drug-likeness (QED) is 0.171. The lowest BCUT2D eigenvalue weighted by atomic mass is 10.1. The predicted octanol–water partition coefficient (Wildman–Crippen LogP) is 4.56. The highest BCUT2D eigenvalue weighted by Gasteiger charge is 2.18. The molecule has 0 bridgehead atoms. The second-order valence-electron chi connectivity index (χ2n) is 6.50. The topological polar surface area (TPSA) is 139 Å². The van der Waals surface area contributed by atoms with E-state index >= 15 is 0 Å². The summed E-state index contributed by atoms with van der Waals surface area (Å²) in [6, 6.07) is 18.1. The number of halogens is 1. The molecule has 11 heteroatoms. The number of nitro benzene ring substituents is 1. The number of nitro groups is 1. The fourth-order valence-corrected chi connectivity index (χ4v) is 3.76. The van der Waals surface area contributed by atoms with Gasteiger partial charge in [0, 0.05) is 22.8 Å². The maximum absolute atomic E-state index is 12.5. The molecule has 3 aromatic rings. The molecule has 1 amide bonds. The summed E-state index contributed by atoms with van der Waals surface area (Å²) in [5, 5.41) is 23.1. The van der Waals surface area contributed by atoms with Gasteiger partial charge in [-0.3, -0.25) is 14.9 Å². The van der Waals surface area contributed by atoms with Gasteiger partial charge >= 0.3 is 10.1 Å². The van der Waals surface area contributed by atoms with E-state index in [2.05, 4.69) is 5.32 Å². The SMILES string of the molecule is N#C/C(=C\c1cccc(OS(=O)(=O)c2ccc([N+](=O)[O-])cc2)c1)C(=O)Nc1cccc(Cl)c1. The number of benzene rings is 3. The molecule has 0 aliphatic rings. The van der Waals surface area contributed by atoms with Crippen LogP contribution >= 0.6 is 11.6 Å². The van der Waals surface area contributed by atoms with Crippen molar-refractivity contribution in [3.63, 3.8) is 0 Å². The summed E-state index contributed by atoms with van der Waals surface area (Å²) in [6.45, 7) is 0. The molecule has 0 aliphatic heterocycles. The third-order valence-corrected chi connectivity index (χ3v) is 5.66. The van der Waals surface area contributed by atoms with E-state index in [9.17, 15) is 28.6 Å². The molecule has 3 aromatic carbocycles. The number of anilines is 1. The molecule has 0 unspecified atom stereocenters. The van der Waals surface area contributed by atoms with E-state index < -0.39 is 20.9 Å². The van der Waals surface area contributed by atoms with Crippen LogP contribution in [0.5, 0.6) is 5.75 Å². The lowest BCUT2D eigenvalue weighted by Gasteiger charge is -2.08. The van der Waals surface area contributed by atoms with Crippen molar-refractivity contribution >= 4 is 45.1 Å². The van der Waals surface area contributed by atoms with Crippen LogP contribution in [0.25, 0.3) is 6.08 Å². The summed E-state index contributed by atoms with van der Waals surface area (Å²) in [5.74, 6) is -0.751. The van der Waals surface area contributed by atoms with Gasteiger partial charge in [0.1, 0.15) is 22.3 Å². The summed E-state index contributed by atoms with van der Waals surface area (Å²) >= 11 is 5.88. The van der Waals surface area contributed by atoms with Crippen LogP contribution in [0.3, 0.4) is 0 Å². The number of carbonyl (C=O) groups is 1. The number of non-ortho nitro benzene ring substituents is 1. The van der Waals surface area contributed by atoms with E-state index in [0.29, 0.717) is 16.3 Å². The predicted molar refractivity (Wildman–Crippen MR) is 121 cm³/mol. The van der Waals surface area contributed by atoms with Crippen molar-refractivity contribution in [1.29, 1.82) is 5.26 Å². The largest absolute Gasteiger partial charge is 0.379 e. The van der Waals surface area contributed by atoms with E-state index in [0.717, 1.165) is 24.3 Å². The third-order valence-electron chi connectivity index (χ3n) is 4.16. The summed E-state index contributed by atoms with van der Waals surface area (Å²) in [4.78, 5) is 22.2. The van der Waals surface area contributed by atoms with E-state index in [1.807, 2.05) is 0 Å². The second-order valence-corrected chi connectivity index (χ2v) is 8.48. The first-order valence-electron chi connectivity index (χ1n) is 9.16. The van der Waals surface area contributed by atoms with Gasteiger partial charge in [0.25, 0.3) is 11.6 Å². The number of nitrogens with zero attached hydrogens (tertiary/aromatic N) is 2. The van der Waals surface area contributed by atoms with Crippen molar-refractivity contribution in [2.24, 2.45) is 0 Å². The number of carbonyl (C=O) groups excluding carboxylic acids is 1. The number of hydrogen-bond donors (Lipinski definition) is 1. The fraction of sp³-hybridized carbons (Fsp3) is 0. The first kappa shape index (κ1) is 23.5. The molecule has 0 saturated heterocycles. The Hall–Kier alpha value is -4.20. The number of rotatable bonds is 7. The van der Waals surface area contributed by atoms with Gasteiger partial charge in [0.15, 0.2) is 0 Å². The van der Waals surface area contributed by atoms with Crippen LogP contribution in [0.2, 0.25) is 5.02 Å². The Bertz CT molecular complexity index is 1400. The van der Waals surface area contributed by atoms with Crippen molar-refractivity contribution in [2.45, 2.75) is 4.90 Å². The van der Waals surface area contributed by atoms with Crippen molar-refractivity contribution in [1.82, 2.24) is 0 Å². The van der Waals surface area contributed by atoms with E-state index in [1.54, 1.807) is 30.3 Å². The molecule has 0 atom stereocenters. The molecule has 0 saturated carbocycles. The Kier molecular flexibility index (Phi) is 7.07. The minimum absolute atomic E-state index is 0.0744. The van der Waals surface area contributed by atoms with Crippen molar-refractivity contribution in [3.8, 4) is 11.8 Å². The molecule has 0 heterocycles. The first-order chi connectivity index (χ1) is 15.7. The maximum Gasteiger partial charge on any atom is 0.339 e. The molecular weight excluding hydrogens is 470 g/mol. The lowest BCUT2D eigenvalue weighted by Crippen LogP contribution is -2.13. The van der Waals surface area contributed by atoms with Crippen LogP contribution < -0.4 is 9.50 Å². The van der Waals surface area contributed by atoms with Gasteiger partial charge in [0.05, 0.1) is 4.92 Å². The smallest absolute Gasteiger partial charge is 0.339 e. The van der Waals surface area contributed by atoms with Gasteiger partial charge in [-0.05, 0) is 54.1 Å². The molecule has 0 spiro atoms. The van der Waals surface area contributed by atoms with E-state index in [4.69, 9.17) is 15.8 Å². The zero-order chi connectivity index (χ0) is 24.0. The van der Waals surface area contributed by atoms with Crippen LogP contribution in [0.4, 0.5) is 11.4 Å². The third kappa shape index (κ3) is 6.16. The van der Waals surface area contributed by atoms with Crippen LogP contribution in [0.1, 0.15) is 5.56 Å². The standard InChI is InChI=1S/C22H14ClN3O6S/c23-17-4-2-5-18(13-17)25-22(27)16(14-24)11-15-3-1-6-20(12-15)32-33(30,31)21-9-7-19(8-10-21)26(28)29/h1-13H,(H,25,27)/b16-11+. The van der Waals surface area contributed by atoms with Gasteiger partial charge in [-0.15, -0.1) is 0 Å². The van der Waals surface area contributed by atoms with Gasteiger partial charge in [0.2, 0.25) is 0 Å². The zero-order valence-corrected chi connectivity index (χ0v) is 18.2. The molecule has 0 fully saturated rings. The lowest BCUT2D eigenvalue weighted by molar-refractivity contribution is -0.384. The maximum atomic E-state index is 12.5. The molecule has 1 N–H and O–H groups in total. The number of nitrogens with one attached hydrogen (secondary N) is 1. The van der Waals surface area contributed by atoms with Gasteiger partial charge in [-0.2, -0.15) is 13.7 Å². The fourth-order valence-electron chi connectivity index (χ4n) is 2.65. The Labute approximate surface area is 193 Å². The van der Waals surface area contributed by atoms with E-state index in [1.165, 1.54) is 30.3 Å². The Balaban J connectivity index is 1.80. The molecule has 166 valence electrons. The minimum atomic E-state index is -4.27. The number of amides is 1. The van der Waals surface area contributed by atoms with Crippen LogP contribution in [-0.4, -0.2) is 19.2 Å². The minimum Gasteiger partial charge on any atom is -0.379 e. The second kappa shape index (κ2) is 9.95. The van der Waals surface area contributed by atoms with Gasteiger partial charge in [-0.25, -0.2) is 0 Å². The highest BCUT2D eigenvalue weighted by Crippen LogP contribution is 2.23. The highest BCUT2D eigenvalue weighted by atomic mass is 35.5. The Morgan fingerprint density at radius 2 is 1.79 bits per heavy atom. The summed E-state index contributed by atoms with van der Waals surface area (Å²) in [5.41, 5.74) is 0.246. The van der Waals surface area contributed by atoms with Crippen molar-refractivity contribution in [3.05, 3.63) is 99.1 Å². The molecule has 0 radical (unpaired) electrons. The van der Waals surface area contributed by atoms with Gasteiger partial charge < -0.3 is 9.50 Å². The molecule has 0 aliphatic carbocycles. The average molecular weight is 484 g/mol. The first-order valence-corrected chi connectivity index (χ1v) is 10.9. The van der Waals surface area contributed by atoms with Crippen LogP contribution in [0.15, 0.2) is 83.3 Å².